The van der Waals surface area contributed by atoms with Crippen LogP contribution in [0.2, 0.25) is 0 Å². The van der Waals surface area contributed by atoms with Crippen molar-refractivity contribution in [2.75, 3.05) is 6.61 Å². The van der Waals surface area contributed by atoms with Crippen LogP contribution in [0.3, 0.4) is 0 Å². The molecule has 104 valence electrons. The molecule has 0 saturated carbocycles. The largest absolute Gasteiger partial charge is 0.392 e. The summed E-state index contributed by atoms with van der Waals surface area (Å²) in [5.41, 5.74) is 1.86. The van der Waals surface area contributed by atoms with Gasteiger partial charge in [0.2, 0.25) is 0 Å². The normalized spacial score (nSPS) is 29.7. The van der Waals surface area contributed by atoms with E-state index in [-0.39, 0.29) is 12.5 Å². The molecule has 0 unspecified atom stereocenters. The average Bonchev–Trinajstić information content (AvgIpc) is 2.30. The third-order valence-electron chi connectivity index (χ3n) is 3.84. The smallest absolute Gasteiger partial charge is 0.0776 e. The van der Waals surface area contributed by atoms with Crippen molar-refractivity contribution in [3.8, 4) is 0 Å². The Balaban J connectivity index is 2.56. The lowest BCUT2D eigenvalue weighted by Gasteiger charge is -2.34. The van der Waals surface area contributed by atoms with Gasteiger partial charge in [-0.2, -0.15) is 0 Å². The maximum absolute atomic E-state index is 10.1. The van der Waals surface area contributed by atoms with Crippen LogP contribution in [0.5, 0.6) is 0 Å². The maximum atomic E-state index is 10.1. The van der Waals surface area contributed by atoms with Crippen LogP contribution < -0.4 is 0 Å². The molecule has 0 aliphatic heterocycles. The molecule has 3 N–H and O–H groups in total. The second-order valence-electron chi connectivity index (χ2n) is 5.64. The zero-order chi connectivity index (χ0) is 13.7. The summed E-state index contributed by atoms with van der Waals surface area (Å²) in [5, 5.41) is 29.0. The molecule has 0 saturated heterocycles. The van der Waals surface area contributed by atoms with Crippen molar-refractivity contribution < 1.29 is 15.3 Å². The minimum atomic E-state index is -0.602. The lowest BCUT2D eigenvalue weighted by Crippen LogP contribution is -2.35. The van der Waals surface area contributed by atoms with Crippen LogP contribution in [0.4, 0.5) is 0 Å². The van der Waals surface area contributed by atoms with Crippen LogP contribution in [-0.2, 0) is 0 Å². The first kappa shape index (κ1) is 15.4. The molecule has 0 amide bonds. The maximum Gasteiger partial charge on any atom is 0.0776 e. The Morgan fingerprint density at radius 3 is 2.67 bits per heavy atom. The Labute approximate surface area is 110 Å². The topological polar surface area (TPSA) is 60.7 Å². The Bertz CT molecular complexity index is 316. The number of hydrogen-bond acceptors (Lipinski definition) is 3. The molecule has 0 heterocycles. The Morgan fingerprint density at radius 1 is 1.44 bits per heavy atom. The number of rotatable bonds is 5. The Kier molecular flexibility index (Phi) is 6.06. The van der Waals surface area contributed by atoms with E-state index >= 15 is 0 Å². The van der Waals surface area contributed by atoms with Gasteiger partial charge in [0.1, 0.15) is 0 Å². The zero-order valence-corrected chi connectivity index (χ0v) is 11.6. The van der Waals surface area contributed by atoms with Gasteiger partial charge < -0.3 is 15.3 Å². The third kappa shape index (κ3) is 4.23. The van der Waals surface area contributed by atoms with E-state index in [4.69, 9.17) is 5.11 Å². The zero-order valence-electron chi connectivity index (χ0n) is 11.6. The minimum absolute atomic E-state index is 0.0841. The van der Waals surface area contributed by atoms with E-state index in [1.165, 1.54) is 5.57 Å². The lowest BCUT2D eigenvalue weighted by atomic mass is 9.76. The highest BCUT2D eigenvalue weighted by atomic mass is 16.3. The van der Waals surface area contributed by atoms with Crippen LogP contribution in [0, 0.1) is 11.8 Å². The first-order valence-electron chi connectivity index (χ1n) is 6.76. The fourth-order valence-electron chi connectivity index (χ4n) is 2.58. The van der Waals surface area contributed by atoms with E-state index in [9.17, 15) is 10.2 Å². The molecule has 1 rings (SSSR count). The van der Waals surface area contributed by atoms with Crippen LogP contribution in [0.25, 0.3) is 0 Å². The van der Waals surface area contributed by atoms with Gasteiger partial charge in [-0.3, -0.25) is 0 Å². The summed E-state index contributed by atoms with van der Waals surface area (Å²) in [6, 6.07) is 0. The summed E-state index contributed by atoms with van der Waals surface area (Å²) >= 11 is 0. The molecule has 3 heteroatoms. The predicted molar refractivity (Wildman–Crippen MR) is 73.1 cm³/mol. The second kappa shape index (κ2) is 7.07. The van der Waals surface area contributed by atoms with Crippen molar-refractivity contribution in [3.63, 3.8) is 0 Å². The molecule has 0 bridgehead atoms. The van der Waals surface area contributed by atoms with E-state index in [0.717, 1.165) is 12.8 Å². The first-order valence-corrected chi connectivity index (χ1v) is 6.76. The van der Waals surface area contributed by atoms with E-state index in [1.807, 2.05) is 0 Å². The van der Waals surface area contributed by atoms with Crippen LogP contribution in [-0.4, -0.2) is 34.1 Å². The highest BCUT2D eigenvalue weighted by Gasteiger charge is 2.31. The van der Waals surface area contributed by atoms with Gasteiger partial charge in [-0.15, -0.1) is 0 Å². The minimum Gasteiger partial charge on any atom is -0.392 e. The molecular weight excluding hydrogens is 228 g/mol. The molecule has 0 spiro atoms. The predicted octanol–water partition coefficient (Wildman–Crippen LogP) is 2.03. The third-order valence-corrected chi connectivity index (χ3v) is 3.84. The standard InChI is InChI=1S/C15H26O3/c1-10(2)5-4-6-11(3)13-8-14(17)12(9-16)7-15(13)18/h5,7,11,13-18H,4,6,8-9H2,1-3H3/t11-,13+,14-,15-/m0/s1. The molecule has 0 aromatic heterocycles. The first-order chi connectivity index (χ1) is 8.45. The summed E-state index contributed by atoms with van der Waals surface area (Å²) in [6.07, 6.45) is 5.25. The molecule has 1 aliphatic carbocycles. The van der Waals surface area contributed by atoms with E-state index in [0.29, 0.717) is 17.9 Å². The second-order valence-corrected chi connectivity index (χ2v) is 5.64. The van der Waals surface area contributed by atoms with E-state index in [2.05, 4.69) is 26.8 Å². The van der Waals surface area contributed by atoms with Crippen molar-refractivity contribution in [1.82, 2.24) is 0 Å². The number of allylic oxidation sites excluding steroid dienone is 2. The van der Waals surface area contributed by atoms with Crippen molar-refractivity contribution in [2.45, 2.75) is 52.2 Å². The molecule has 4 atom stereocenters. The van der Waals surface area contributed by atoms with Crippen molar-refractivity contribution in [1.29, 1.82) is 0 Å². The fraction of sp³-hybridized carbons (Fsp3) is 0.733. The van der Waals surface area contributed by atoms with Gasteiger partial charge in [0.15, 0.2) is 0 Å². The van der Waals surface area contributed by atoms with Crippen LogP contribution in [0.15, 0.2) is 23.3 Å². The van der Waals surface area contributed by atoms with Crippen LogP contribution >= 0.6 is 0 Å². The summed E-state index contributed by atoms with van der Waals surface area (Å²) in [7, 11) is 0. The molecular formula is C15H26O3. The van der Waals surface area contributed by atoms with Crippen molar-refractivity contribution in [2.24, 2.45) is 11.8 Å². The monoisotopic (exact) mass is 254 g/mol. The van der Waals surface area contributed by atoms with Gasteiger partial charge in [0, 0.05) is 0 Å². The average molecular weight is 254 g/mol. The van der Waals surface area contributed by atoms with Crippen molar-refractivity contribution >= 4 is 0 Å². The van der Waals surface area contributed by atoms with Gasteiger partial charge in [0.05, 0.1) is 18.8 Å². The number of hydrogen-bond donors (Lipinski definition) is 3. The van der Waals surface area contributed by atoms with E-state index < -0.39 is 12.2 Å². The molecule has 3 nitrogen and oxygen atoms in total. The van der Waals surface area contributed by atoms with E-state index in [1.54, 1.807) is 6.08 Å². The molecule has 0 radical (unpaired) electrons. The van der Waals surface area contributed by atoms with Gasteiger partial charge in [0.25, 0.3) is 0 Å². The highest BCUT2D eigenvalue weighted by Crippen LogP contribution is 2.32. The summed E-state index contributed by atoms with van der Waals surface area (Å²) < 4.78 is 0. The fourth-order valence-corrected chi connectivity index (χ4v) is 2.58. The van der Waals surface area contributed by atoms with Gasteiger partial charge in [-0.25, -0.2) is 0 Å². The van der Waals surface area contributed by atoms with Gasteiger partial charge in [-0.1, -0.05) is 24.6 Å². The van der Waals surface area contributed by atoms with Crippen molar-refractivity contribution in [3.05, 3.63) is 23.3 Å². The number of aliphatic hydroxyl groups is 3. The highest BCUT2D eigenvalue weighted by molar-refractivity contribution is 5.16. The Hall–Kier alpha value is -0.640. The summed E-state index contributed by atoms with van der Waals surface area (Å²) in [6.45, 7) is 6.12. The molecule has 18 heavy (non-hydrogen) atoms. The SMILES string of the molecule is CC(C)=CCC[C@H](C)[C@H]1C[C@H](O)C(CO)=C[C@@H]1O. The van der Waals surface area contributed by atoms with Gasteiger partial charge >= 0.3 is 0 Å². The Morgan fingerprint density at radius 2 is 2.11 bits per heavy atom. The molecule has 0 aromatic carbocycles. The lowest BCUT2D eigenvalue weighted by molar-refractivity contribution is 0.0487. The summed E-state index contributed by atoms with van der Waals surface area (Å²) in [5.74, 6) is 0.447. The number of aliphatic hydroxyl groups excluding tert-OH is 3. The quantitative estimate of drug-likeness (QED) is 0.658. The van der Waals surface area contributed by atoms with Crippen LogP contribution in [0.1, 0.15) is 40.0 Å². The molecule has 0 aromatic rings. The molecule has 0 fully saturated rings. The van der Waals surface area contributed by atoms with Gasteiger partial charge in [-0.05, 0) is 50.5 Å². The molecule has 1 aliphatic rings. The summed E-state index contributed by atoms with van der Waals surface area (Å²) in [4.78, 5) is 0.